The van der Waals surface area contributed by atoms with Crippen LogP contribution in [0.4, 0.5) is 10.1 Å². The first-order valence-corrected chi connectivity index (χ1v) is 11.4. The van der Waals surface area contributed by atoms with E-state index in [4.69, 9.17) is 4.99 Å². The van der Waals surface area contributed by atoms with Crippen LogP contribution in [-0.2, 0) is 0 Å². The number of rotatable bonds is 3. The van der Waals surface area contributed by atoms with Gasteiger partial charge in [-0.05, 0) is 49.2 Å². The summed E-state index contributed by atoms with van der Waals surface area (Å²) in [6.07, 6.45) is 4.51. The van der Waals surface area contributed by atoms with Crippen LogP contribution in [0.2, 0.25) is 0 Å². The Morgan fingerprint density at radius 3 is 2.61 bits per heavy atom. The zero-order valence-corrected chi connectivity index (χ0v) is 18.2. The van der Waals surface area contributed by atoms with Gasteiger partial charge in [0.1, 0.15) is 5.82 Å². The Balaban J connectivity index is 1.59. The molecule has 0 aromatic heterocycles. The molecule has 156 valence electrons. The first-order valence-electron chi connectivity index (χ1n) is 10.6. The van der Waals surface area contributed by atoms with Crippen molar-refractivity contribution in [3.05, 3.63) is 89.2 Å². The smallest absolute Gasteiger partial charge is 0.253 e. The third-order valence-corrected chi connectivity index (χ3v) is 7.23. The van der Waals surface area contributed by atoms with Gasteiger partial charge in [0.05, 0.1) is 11.4 Å². The van der Waals surface area contributed by atoms with Crippen molar-refractivity contribution < 1.29 is 9.18 Å². The molecule has 0 saturated heterocycles. The van der Waals surface area contributed by atoms with E-state index in [2.05, 4.69) is 6.07 Å². The zero-order chi connectivity index (χ0) is 21.4. The highest BCUT2D eigenvalue weighted by Crippen LogP contribution is 2.42. The topological polar surface area (TPSA) is 32.7 Å². The molecular weight excluding hydrogens is 407 g/mol. The van der Waals surface area contributed by atoms with Gasteiger partial charge in [-0.3, -0.25) is 4.79 Å². The quantitative estimate of drug-likeness (QED) is 0.373. The third kappa shape index (κ3) is 3.90. The lowest BCUT2D eigenvalue weighted by Crippen LogP contribution is -2.35. The number of hydrogen-bond acceptors (Lipinski definition) is 3. The van der Waals surface area contributed by atoms with Crippen LogP contribution < -0.4 is 0 Å². The number of benzene rings is 3. The molecule has 0 N–H and O–H groups in total. The molecule has 2 aliphatic rings. The van der Waals surface area contributed by atoms with E-state index in [1.54, 1.807) is 17.8 Å². The Morgan fingerprint density at radius 1 is 1.00 bits per heavy atom. The van der Waals surface area contributed by atoms with Crippen LogP contribution in [0.15, 0.2) is 81.5 Å². The van der Waals surface area contributed by atoms with Gasteiger partial charge in [0, 0.05) is 39.6 Å². The van der Waals surface area contributed by atoms with Gasteiger partial charge in [-0.15, -0.1) is 0 Å². The van der Waals surface area contributed by atoms with Crippen LogP contribution in [-0.4, -0.2) is 29.6 Å². The van der Waals surface area contributed by atoms with Crippen molar-refractivity contribution in [3.63, 3.8) is 0 Å². The molecule has 1 aliphatic heterocycles. The van der Waals surface area contributed by atoms with Crippen LogP contribution in [0.1, 0.15) is 47.2 Å². The molecule has 3 nitrogen and oxygen atoms in total. The highest BCUT2D eigenvalue weighted by Gasteiger charge is 2.25. The van der Waals surface area contributed by atoms with Crippen LogP contribution in [0.5, 0.6) is 0 Å². The second-order valence-electron chi connectivity index (χ2n) is 8.11. The molecular formula is C26H23FN2OS. The maximum atomic E-state index is 14.0. The first kappa shape index (κ1) is 20.0. The summed E-state index contributed by atoms with van der Waals surface area (Å²) in [5, 5.41) is 0. The van der Waals surface area contributed by atoms with Crippen LogP contribution in [0, 0.1) is 5.82 Å². The van der Waals surface area contributed by atoms with Crippen molar-refractivity contribution in [3.8, 4) is 0 Å². The number of carbonyl (C=O) groups excluding carboxylic acids is 1. The lowest BCUT2D eigenvalue weighted by Gasteiger charge is -2.24. The minimum Gasteiger partial charge on any atom is -0.339 e. The minimum absolute atomic E-state index is 0.0315. The number of nitrogens with zero attached hydrogens (tertiary/aromatic N) is 2. The summed E-state index contributed by atoms with van der Waals surface area (Å²) in [5.74, 6) is -0.263. The molecule has 1 heterocycles. The van der Waals surface area contributed by atoms with Gasteiger partial charge in [0.25, 0.3) is 5.91 Å². The monoisotopic (exact) mass is 430 g/mol. The maximum Gasteiger partial charge on any atom is 0.253 e. The Morgan fingerprint density at radius 2 is 1.81 bits per heavy atom. The molecule has 0 atom stereocenters. The standard InChI is InChI=1S/C26H23FN2OS/c1-29(20-9-2-3-10-20)26(30)18-13-14-24-22(16-18)28-25(17-7-6-8-19(27)15-17)21-11-4-5-12-23(21)31-24/h4-8,11-16,20H,2-3,9-10H2,1H3. The van der Waals surface area contributed by atoms with Crippen molar-refractivity contribution in [1.82, 2.24) is 4.90 Å². The van der Waals surface area contributed by atoms with Gasteiger partial charge in [-0.25, -0.2) is 9.38 Å². The van der Waals surface area contributed by atoms with E-state index in [-0.39, 0.29) is 11.7 Å². The molecule has 3 aromatic carbocycles. The summed E-state index contributed by atoms with van der Waals surface area (Å²) in [6.45, 7) is 0. The second kappa shape index (κ2) is 8.31. The molecule has 5 rings (SSSR count). The lowest BCUT2D eigenvalue weighted by atomic mass is 10.0. The molecule has 31 heavy (non-hydrogen) atoms. The fraction of sp³-hybridized carbons (Fsp3) is 0.231. The molecule has 0 spiro atoms. The van der Waals surface area contributed by atoms with Gasteiger partial charge in [0.2, 0.25) is 0 Å². The average Bonchev–Trinajstić information content (AvgIpc) is 3.27. The van der Waals surface area contributed by atoms with Crippen molar-refractivity contribution in [2.75, 3.05) is 7.05 Å². The van der Waals surface area contributed by atoms with Crippen molar-refractivity contribution in [2.45, 2.75) is 41.5 Å². The summed E-state index contributed by atoms with van der Waals surface area (Å²) in [4.78, 5) is 22.0. The molecule has 5 heteroatoms. The number of amides is 1. The van der Waals surface area contributed by atoms with Gasteiger partial charge in [0.15, 0.2) is 0 Å². The van der Waals surface area contributed by atoms with E-state index in [1.165, 1.54) is 25.0 Å². The fourth-order valence-electron chi connectivity index (χ4n) is 4.39. The van der Waals surface area contributed by atoms with Gasteiger partial charge < -0.3 is 4.90 Å². The number of aliphatic imine (C=N–C) groups is 1. The summed E-state index contributed by atoms with van der Waals surface area (Å²) in [7, 11) is 1.90. The summed E-state index contributed by atoms with van der Waals surface area (Å²) in [5.41, 5.74) is 3.79. The number of carbonyl (C=O) groups is 1. The van der Waals surface area contributed by atoms with Gasteiger partial charge >= 0.3 is 0 Å². The number of halogens is 1. The van der Waals surface area contributed by atoms with Crippen LogP contribution >= 0.6 is 11.8 Å². The second-order valence-corrected chi connectivity index (χ2v) is 9.19. The molecule has 0 radical (unpaired) electrons. The highest BCUT2D eigenvalue weighted by molar-refractivity contribution is 7.99. The SMILES string of the molecule is CN(C(=O)c1ccc2c(c1)N=C(c1cccc(F)c1)c1ccccc1S2)C1CCCC1. The Hall–Kier alpha value is -2.92. The van der Waals surface area contributed by atoms with E-state index < -0.39 is 0 Å². The molecule has 3 aromatic rings. The van der Waals surface area contributed by atoms with E-state index >= 15 is 0 Å². The summed E-state index contributed by atoms with van der Waals surface area (Å²) in [6, 6.07) is 20.6. The van der Waals surface area contributed by atoms with Crippen molar-refractivity contribution >= 4 is 29.1 Å². The maximum absolute atomic E-state index is 14.0. The summed E-state index contributed by atoms with van der Waals surface area (Å²) >= 11 is 1.63. The largest absolute Gasteiger partial charge is 0.339 e. The molecule has 1 saturated carbocycles. The van der Waals surface area contributed by atoms with Gasteiger partial charge in [-0.2, -0.15) is 0 Å². The van der Waals surface area contributed by atoms with Crippen LogP contribution in [0.25, 0.3) is 0 Å². The Labute approximate surface area is 186 Å². The van der Waals surface area contributed by atoms with Gasteiger partial charge in [-0.1, -0.05) is 54.9 Å². The minimum atomic E-state index is -0.295. The predicted octanol–water partition coefficient (Wildman–Crippen LogP) is 6.47. The summed E-state index contributed by atoms with van der Waals surface area (Å²) < 4.78 is 14.0. The van der Waals surface area contributed by atoms with Crippen molar-refractivity contribution in [1.29, 1.82) is 0 Å². The molecule has 1 amide bonds. The van der Waals surface area contributed by atoms with E-state index in [0.717, 1.165) is 45.2 Å². The highest BCUT2D eigenvalue weighted by atomic mass is 32.2. The Kier molecular flexibility index (Phi) is 5.36. The van der Waals surface area contributed by atoms with E-state index in [9.17, 15) is 9.18 Å². The molecule has 0 bridgehead atoms. The molecule has 0 unspecified atom stereocenters. The predicted molar refractivity (Wildman–Crippen MR) is 123 cm³/mol. The number of fused-ring (bicyclic) bond motifs is 2. The first-order chi connectivity index (χ1) is 15.1. The molecule has 1 fully saturated rings. The van der Waals surface area contributed by atoms with Crippen molar-refractivity contribution in [2.24, 2.45) is 4.99 Å². The third-order valence-electron chi connectivity index (χ3n) is 6.09. The zero-order valence-electron chi connectivity index (χ0n) is 17.3. The number of hydrogen-bond donors (Lipinski definition) is 0. The molecule has 1 aliphatic carbocycles. The Bertz CT molecular complexity index is 1180. The van der Waals surface area contributed by atoms with Crippen LogP contribution in [0.3, 0.4) is 0 Å². The fourth-order valence-corrected chi connectivity index (χ4v) is 5.39. The van der Waals surface area contributed by atoms with E-state index in [0.29, 0.717) is 11.6 Å². The average molecular weight is 431 g/mol. The van der Waals surface area contributed by atoms with E-state index in [1.807, 2.05) is 54.4 Å². The normalized spacial score (nSPS) is 15.6. The lowest BCUT2D eigenvalue weighted by molar-refractivity contribution is 0.0735.